The average molecular weight is 209 g/mol. The molecule has 4 nitrogen and oxygen atoms in total. The summed E-state index contributed by atoms with van der Waals surface area (Å²) in [5.41, 5.74) is 1.88. The van der Waals surface area contributed by atoms with Crippen LogP contribution in [0.2, 0.25) is 0 Å². The van der Waals surface area contributed by atoms with Gasteiger partial charge in [-0.15, -0.1) is 16.7 Å². The van der Waals surface area contributed by atoms with Crippen LogP contribution in [0.15, 0.2) is 30.7 Å². The molecule has 0 bridgehead atoms. The van der Waals surface area contributed by atoms with E-state index in [1.165, 1.54) is 0 Å². The first kappa shape index (κ1) is 9.15. The molecule has 0 aliphatic rings. The topological polar surface area (TPSA) is 43.6 Å². The van der Waals surface area contributed by atoms with Crippen LogP contribution in [0.5, 0.6) is 0 Å². The molecule has 72 valence electrons. The lowest BCUT2D eigenvalue weighted by Gasteiger charge is -1.98. The van der Waals surface area contributed by atoms with E-state index in [4.69, 9.17) is 11.6 Å². The molecule has 0 fully saturated rings. The number of pyridine rings is 1. The molecule has 0 radical (unpaired) electrons. The third kappa shape index (κ3) is 2.09. The van der Waals surface area contributed by atoms with Gasteiger partial charge in [0.1, 0.15) is 0 Å². The van der Waals surface area contributed by atoms with Gasteiger partial charge >= 0.3 is 0 Å². The van der Waals surface area contributed by atoms with Gasteiger partial charge in [0.05, 0.1) is 24.3 Å². The lowest BCUT2D eigenvalue weighted by atomic mass is 10.3. The molecule has 0 aliphatic carbocycles. The van der Waals surface area contributed by atoms with Crippen LogP contribution in [0.25, 0.3) is 0 Å². The number of hydrogen-bond donors (Lipinski definition) is 0. The van der Waals surface area contributed by atoms with E-state index in [9.17, 15) is 0 Å². The Kier molecular flexibility index (Phi) is 2.74. The Hall–Kier alpha value is -1.42. The van der Waals surface area contributed by atoms with E-state index in [1.54, 1.807) is 10.9 Å². The molecule has 0 saturated carbocycles. The summed E-state index contributed by atoms with van der Waals surface area (Å²) in [4.78, 5) is 4.02. The Bertz CT molecular complexity index is 398. The van der Waals surface area contributed by atoms with Crippen molar-refractivity contribution in [3.8, 4) is 0 Å². The quantitative estimate of drug-likeness (QED) is 0.718. The maximum absolute atomic E-state index is 5.62. The lowest BCUT2D eigenvalue weighted by molar-refractivity contribution is 0.648. The van der Waals surface area contributed by atoms with Gasteiger partial charge in [0.15, 0.2) is 0 Å². The van der Waals surface area contributed by atoms with Gasteiger partial charge in [0.2, 0.25) is 0 Å². The predicted molar refractivity (Wildman–Crippen MR) is 52.9 cm³/mol. The minimum Gasteiger partial charge on any atom is -0.264 e. The van der Waals surface area contributed by atoms with Crippen LogP contribution in [0, 0.1) is 0 Å². The average Bonchev–Trinajstić information content (AvgIpc) is 2.67. The highest BCUT2D eigenvalue weighted by molar-refractivity contribution is 6.16. The maximum atomic E-state index is 5.62. The summed E-state index contributed by atoms with van der Waals surface area (Å²) in [6.07, 6.45) is 5.39. The zero-order valence-corrected chi connectivity index (χ0v) is 8.22. The van der Waals surface area contributed by atoms with Crippen LogP contribution >= 0.6 is 11.6 Å². The van der Waals surface area contributed by atoms with Crippen molar-refractivity contribution in [3.05, 3.63) is 42.0 Å². The summed E-state index contributed by atoms with van der Waals surface area (Å²) in [5, 5.41) is 7.83. The third-order valence-electron chi connectivity index (χ3n) is 1.79. The van der Waals surface area contributed by atoms with E-state index in [2.05, 4.69) is 15.3 Å². The molecular formula is C9H9ClN4. The summed E-state index contributed by atoms with van der Waals surface area (Å²) >= 11 is 5.62. The Morgan fingerprint density at radius 2 is 2.36 bits per heavy atom. The fraction of sp³-hybridized carbons (Fsp3) is 0.222. The molecule has 0 aromatic carbocycles. The van der Waals surface area contributed by atoms with E-state index in [0.717, 1.165) is 11.3 Å². The SMILES string of the molecule is ClCc1cn(Cc2cccnc2)nn1. The number of hydrogen-bond acceptors (Lipinski definition) is 3. The minimum atomic E-state index is 0.396. The van der Waals surface area contributed by atoms with E-state index in [-0.39, 0.29) is 0 Å². The molecule has 5 heteroatoms. The molecule has 0 spiro atoms. The van der Waals surface area contributed by atoms with Gasteiger partial charge in [0.25, 0.3) is 0 Å². The van der Waals surface area contributed by atoms with Crippen molar-refractivity contribution in [1.29, 1.82) is 0 Å². The van der Waals surface area contributed by atoms with Crippen LogP contribution in [-0.4, -0.2) is 20.0 Å². The first-order valence-electron chi connectivity index (χ1n) is 4.22. The summed E-state index contributed by atoms with van der Waals surface area (Å²) in [7, 11) is 0. The molecule has 2 aromatic heterocycles. The van der Waals surface area contributed by atoms with E-state index >= 15 is 0 Å². The Balaban J connectivity index is 2.11. The zero-order chi connectivity index (χ0) is 9.80. The molecule has 0 aliphatic heterocycles. The molecule has 2 aromatic rings. The first-order chi connectivity index (χ1) is 6.88. The van der Waals surface area contributed by atoms with Gasteiger partial charge in [-0.3, -0.25) is 4.98 Å². The van der Waals surface area contributed by atoms with Gasteiger partial charge in [-0.2, -0.15) is 0 Å². The Morgan fingerprint density at radius 3 is 3.00 bits per heavy atom. The van der Waals surface area contributed by atoms with E-state index in [0.29, 0.717) is 12.4 Å². The van der Waals surface area contributed by atoms with Crippen LogP contribution in [0.1, 0.15) is 11.3 Å². The lowest BCUT2D eigenvalue weighted by Crippen LogP contribution is -2.00. The molecule has 2 rings (SSSR count). The van der Waals surface area contributed by atoms with E-state index < -0.39 is 0 Å². The monoisotopic (exact) mass is 208 g/mol. The summed E-state index contributed by atoms with van der Waals surface area (Å²) in [6, 6.07) is 3.89. The maximum Gasteiger partial charge on any atom is 0.0974 e. The molecule has 0 amide bonds. The smallest absolute Gasteiger partial charge is 0.0974 e. The molecule has 0 saturated heterocycles. The second kappa shape index (κ2) is 4.19. The highest BCUT2D eigenvalue weighted by Crippen LogP contribution is 2.01. The van der Waals surface area contributed by atoms with Crippen molar-refractivity contribution >= 4 is 11.6 Å². The molecule has 0 N–H and O–H groups in total. The largest absolute Gasteiger partial charge is 0.264 e. The normalized spacial score (nSPS) is 10.4. The number of aromatic nitrogens is 4. The predicted octanol–water partition coefficient (Wildman–Crippen LogP) is 1.46. The van der Waals surface area contributed by atoms with Crippen molar-refractivity contribution in [2.24, 2.45) is 0 Å². The summed E-state index contributed by atoms with van der Waals surface area (Å²) < 4.78 is 1.74. The van der Waals surface area contributed by atoms with Crippen molar-refractivity contribution in [1.82, 2.24) is 20.0 Å². The highest BCUT2D eigenvalue weighted by Gasteiger charge is 1.99. The molecule has 0 unspecified atom stereocenters. The van der Waals surface area contributed by atoms with Gasteiger partial charge < -0.3 is 0 Å². The number of alkyl halides is 1. The van der Waals surface area contributed by atoms with Crippen LogP contribution < -0.4 is 0 Å². The minimum absolute atomic E-state index is 0.396. The van der Waals surface area contributed by atoms with Crippen LogP contribution in [0.4, 0.5) is 0 Å². The zero-order valence-electron chi connectivity index (χ0n) is 7.47. The van der Waals surface area contributed by atoms with Gasteiger partial charge in [-0.25, -0.2) is 4.68 Å². The standard InChI is InChI=1S/C9H9ClN4/c10-4-9-7-14(13-12-9)6-8-2-1-3-11-5-8/h1-3,5,7H,4,6H2. The first-order valence-corrected chi connectivity index (χ1v) is 4.76. The second-order valence-electron chi connectivity index (χ2n) is 2.90. The molecular weight excluding hydrogens is 200 g/mol. The van der Waals surface area contributed by atoms with Crippen molar-refractivity contribution in [3.63, 3.8) is 0 Å². The van der Waals surface area contributed by atoms with Crippen molar-refractivity contribution in [2.45, 2.75) is 12.4 Å². The van der Waals surface area contributed by atoms with Crippen LogP contribution in [0.3, 0.4) is 0 Å². The van der Waals surface area contributed by atoms with Gasteiger partial charge in [-0.05, 0) is 11.6 Å². The van der Waals surface area contributed by atoms with Gasteiger partial charge in [-0.1, -0.05) is 11.3 Å². The van der Waals surface area contributed by atoms with Crippen molar-refractivity contribution in [2.75, 3.05) is 0 Å². The van der Waals surface area contributed by atoms with Crippen molar-refractivity contribution < 1.29 is 0 Å². The molecule has 2 heterocycles. The summed E-state index contributed by atoms with van der Waals surface area (Å²) in [5.74, 6) is 0.396. The second-order valence-corrected chi connectivity index (χ2v) is 3.17. The van der Waals surface area contributed by atoms with Gasteiger partial charge in [0, 0.05) is 12.4 Å². The number of halogens is 1. The Morgan fingerprint density at radius 1 is 1.43 bits per heavy atom. The third-order valence-corrected chi connectivity index (χ3v) is 2.06. The van der Waals surface area contributed by atoms with E-state index in [1.807, 2.05) is 24.5 Å². The number of nitrogens with zero attached hydrogens (tertiary/aromatic N) is 4. The Labute approximate surface area is 86.5 Å². The van der Waals surface area contributed by atoms with Crippen LogP contribution in [-0.2, 0) is 12.4 Å². The molecule has 14 heavy (non-hydrogen) atoms. The highest BCUT2D eigenvalue weighted by atomic mass is 35.5. The molecule has 0 atom stereocenters. The number of rotatable bonds is 3. The fourth-order valence-corrected chi connectivity index (χ4v) is 1.28. The summed E-state index contributed by atoms with van der Waals surface area (Å²) in [6.45, 7) is 0.678. The fourth-order valence-electron chi connectivity index (χ4n) is 1.16.